The predicted molar refractivity (Wildman–Crippen MR) is 123 cm³/mol. The molecule has 4 aromatic rings. The number of aliphatic hydroxyl groups is 1. The zero-order valence-electron chi connectivity index (χ0n) is 17.9. The van der Waals surface area contributed by atoms with Crippen LogP contribution < -0.4 is 9.64 Å². The van der Waals surface area contributed by atoms with E-state index in [4.69, 9.17) is 4.74 Å². The molecule has 7 heteroatoms. The molecule has 32 heavy (non-hydrogen) atoms. The number of ether oxygens (including phenoxy) is 1. The number of amides is 1. The molecule has 2 heterocycles. The van der Waals surface area contributed by atoms with E-state index in [-0.39, 0.29) is 5.91 Å². The third-order valence-corrected chi connectivity index (χ3v) is 5.77. The maximum absolute atomic E-state index is 13.5. The van der Waals surface area contributed by atoms with Crippen LogP contribution in [0.25, 0.3) is 11.0 Å². The number of hydrogen-bond donors (Lipinski definition) is 2. The molecule has 2 N–H and O–H groups in total. The minimum absolute atomic E-state index is 0.266. The minimum atomic E-state index is -1.67. The van der Waals surface area contributed by atoms with E-state index in [1.165, 1.54) is 4.90 Å². The number of anilines is 1. The minimum Gasteiger partial charge on any atom is -0.492 e. The first-order valence-corrected chi connectivity index (χ1v) is 10.5. The highest BCUT2D eigenvalue weighted by atomic mass is 16.5. The second kappa shape index (κ2) is 7.78. The lowest BCUT2D eigenvalue weighted by Gasteiger charge is -2.35. The SMILES string of the molecule is CN(C)CCOc1cccc(N2C(=O)c3ccccc3C2(O)c2ccc3nc[nH]c3c2)c1. The summed E-state index contributed by atoms with van der Waals surface area (Å²) in [5.41, 5.74) is 2.05. The number of hydrogen-bond acceptors (Lipinski definition) is 5. The summed E-state index contributed by atoms with van der Waals surface area (Å²) in [6, 6.07) is 19.9. The van der Waals surface area contributed by atoms with Gasteiger partial charge in [0.25, 0.3) is 5.91 Å². The van der Waals surface area contributed by atoms with Crippen molar-refractivity contribution in [1.29, 1.82) is 0 Å². The molecular weight excluding hydrogens is 404 g/mol. The summed E-state index contributed by atoms with van der Waals surface area (Å²) < 4.78 is 5.88. The first kappa shape index (κ1) is 20.2. The number of H-pyrrole nitrogens is 1. The van der Waals surface area contributed by atoms with Crippen LogP contribution in [-0.2, 0) is 5.72 Å². The van der Waals surface area contributed by atoms with Crippen molar-refractivity contribution in [1.82, 2.24) is 14.9 Å². The fraction of sp³-hybridized carbons (Fsp3) is 0.200. The van der Waals surface area contributed by atoms with Crippen LogP contribution in [0.2, 0.25) is 0 Å². The molecule has 1 amide bonds. The smallest absolute Gasteiger partial charge is 0.261 e. The van der Waals surface area contributed by atoms with Gasteiger partial charge in [-0.3, -0.25) is 9.69 Å². The normalized spacial score (nSPS) is 17.9. The lowest BCUT2D eigenvalue weighted by Crippen LogP contribution is -2.45. The molecule has 0 saturated heterocycles. The van der Waals surface area contributed by atoms with E-state index in [2.05, 4.69) is 9.97 Å². The van der Waals surface area contributed by atoms with Gasteiger partial charge in [0.15, 0.2) is 5.72 Å². The van der Waals surface area contributed by atoms with Crippen molar-refractivity contribution < 1.29 is 14.6 Å². The summed E-state index contributed by atoms with van der Waals surface area (Å²) >= 11 is 0. The monoisotopic (exact) mass is 428 g/mol. The molecule has 7 nitrogen and oxygen atoms in total. The number of likely N-dealkylation sites (N-methyl/N-ethyl adjacent to an activating group) is 1. The third-order valence-electron chi connectivity index (χ3n) is 5.77. The van der Waals surface area contributed by atoms with Crippen LogP contribution in [-0.4, -0.2) is 53.1 Å². The number of nitrogens with zero attached hydrogens (tertiary/aromatic N) is 3. The van der Waals surface area contributed by atoms with E-state index < -0.39 is 5.72 Å². The van der Waals surface area contributed by atoms with Gasteiger partial charge in [-0.15, -0.1) is 0 Å². The fourth-order valence-electron chi connectivity index (χ4n) is 4.16. The Kier molecular flexibility index (Phi) is 4.92. The summed E-state index contributed by atoms with van der Waals surface area (Å²) in [5, 5.41) is 12.2. The maximum Gasteiger partial charge on any atom is 0.261 e. The lowest BCUT2D eigenvalue weighted by molar-refractivity contribution is 0.0704. The van der Waals surface area contributed by atoms with Crippen LogP contribution in [0, 0.1) is 0 Å². The van der Waals surface area contributed by atoms with Crippen LogP contribution in [0.5, 0.6) is 5.75 Å². The number of benzene rings is 3. The molecule has 5 rings (SSSR count). The number of carbonyl (C=O) groups is 1. The number of rotatable bonds is 6. The molecule has 1 aliphatic heterocycles. The molecular formula is C25H24N4O3. The number of aromatic amines is 1. The first-order valence-electron chi connectivity index (χ1n) is 10.5. The Bertz CT molecular complexity index is 1300. The summed E-state index contributed by atoms with van der Waals surface area (Å²) in [7, 11) is 3.97. The van der Waals surface area contributed by atoms with Crippen LogP contribution in [0.3, 0.4) is 0 Å². The lowest BCUT2D eigenvalue weighted by atomic mass is 9.93. The van der Waals surface area contributed by atoms with E-state index in [1.807, 2.05) is 61.5 Å². The van der Waals surface area contributed by atoms with Gasteiger partial charge in [-0.05, 0) is 44.4 Å². The van der Waals surface area contributed by atoms with E-state index in [0.717, 1.165) is 17.6 Å². The molecule has 3 aromatic carbocycles. The molecule has 1 aromatic heterocycles. The van der Waals surface area contributed by atoms with E-state index in [9.17, 15) is 9.90 Å². The second-order valence-corrected chi connectivity index (χ2v) is 8.14. The van der Waals surface area contributed by atoms with Crippen molar-refractivity contribution in [2.24, 2.45) is 0 Å². The van der Waals surface area contributed by atoms with Crippen LogP contribution in [0.1, 0.15) is 21.5 Å². The van der Waals surface area contributed by atoms with E-state index in [0.29, 0.717) is 34.7 Å². The fourth-order valence-corrected chi connectivity index (χ4v) is 4.16. The van der Waals surface area contributed by atoms with E-state index in [1.54, 1.807) is 30.6 Å². The van der Waals surface area contributed by atoms with Crippen molar-refractivity contribution in [2.75, 3.05) is 32.1 Å². The van der Waals surface area contributed by atoms with Crippen LogP contribution in [0.15, 0.2) is 73.1 Å². The Hall–Kier alpha value is -3.68. The molecule has 1 atom stereocenters. The second-order valence-electron chi connectivity index (χ2n) is 8.14. The van der Waals surface area contributed by atoms with Gasteiger partial charge in [0.05, 0.1) is 23.0 Å². The maximum atomic E-state index is 13.5. The topological polar surface area (TPSA) is 81.7 Å². The molecule has 1 aliphatic rings. The van der Waals surface area contributed by atoms with Crippen LogP contribution >= 0.6 is 0 Å². The zero-order valence-corrected chi connectivity index (χ0v) is 17.9. The molecule has 0 bridgehead atoms. The van der Waals surface area contributed by atoms with Gasteiger partial charge in [-0.2, -0.15) is 0 Å². The summed E-state index contributed by atoms with van der Waals surface area (Å²) in [5.74, 6) is 0.373. The van der Waals surface area contributed by atoms with Gasteiger partial charge in [0.1, 0.15) is 12.4 Å². The Morgan fingerprint density at radius 1 is 1.09 bits per heavy atom. The molecule has 0 fully saturated rings. The van der Waals surface area contributed by atoms with Gasteiger partial charge in [-0.1, -0.05) is 30.3 Å². The average Bonchev–Trinajstić information content (AvgIpc) is 3.35. The highest BCUT2D eigenvalue weighted by molar-refractivity contribution is 6.12. The number of fused-ring (bicyclic) bond motifs is 2. The highest BCUT2D eigenvalue weighted by Crippen LogP contribution is 2.45. The molecule has 162 valence electrons. The first-order chi connectivity index (χ1) is 15.5. The number of carbonyl (C=O) groups excluding carboxylic acids is 1. The molecule has 0 radical (unpaired) electrons. The number of imidazole rings is 1. The zero-order chi connectivity index (χ0) is 22.3. The number of aromatic nitrogens is 2. The Morgan fingerprint density at radius 3 is 2.78 bits per heavy atom. The summed E-state index contributed by atoms with van der Waals surface area (Å²) in [4.78, 5) is 24.3. The van der Waals surface area contributed by atoms with Gasteiger partial charge in [-0.25, -0.2) is 4.98 Å². The van der Waals surface area contributed by atoms with Gasteiger partial charge in [0.2, 0.25) is 0 Å². The standard InChI is InChI=1S/C25H24N4O3/c1-28(2)12-13-32-19-7-5-6-18(15-19)29-24(30)20-8-3-4-9-21(20)25(29,31)17-10-11-22-23(14-17)27-16-26-22/h3-11,14-16,31H,12-13H2,1-2H3,(H,26,27). The summed E-state index contributed by atoms with van der Waals surface area (Å²) in [6.07, 6.45) is 1.61. The third kappa shape index (κ3) is 3.23. The van der Waals surface area contributed by atoms with Gasteiger partial charge < -0.3 is 19.7 Å². The average molecular weight is 428 g/mol. The Balaban J connectivity index is 1.61. The predicted octanol–water partition coefficient (Wildman–Crippen LogP) is 3.36. The Labute approximate surface area is 185 Å². The molecule has 0 saturated carbocycles. The van der Waals surface area contributed by atoms with Gasteiger partial charge in [0, 0.05) is 29.3 Å². The summed E-state index contributed by atoms with van der Waals surface area (Å²) in [6.45, 7) is 1.29. The quantitative estimate of drug-likeness (QED) is 0.492. The number of nitrogens with one attached hydrogen (secondary N) is 1. The van der Waals surface area contributed by atoms with Crippen molar-refractivity contribution >= 4 is 22.6 Å². The van der Waals surface area contributed by atoms with Gasteiger partial charge >= 0.3 is 0 Å². The Morgan fingerprint density at radius 2 is 1.94 bits per heavy atom. The van der Waals surface area contributed by atoms with Crippen LogP contribution in [0.4, 0.5) is 5.69 Å². The molecule has 0 spiro atoms. The largest absolute Gasteiger partial charge is 0.492 e. The van der Waals surface area contributed by atoms with Crippen molar-refractivity contribution in [3.8, 4) is 5.75 Å². The molecule has 0 aliphatic carbocycles. The molecule has 1 unspecified atom stereocenters. The van der Waals surface area contributed by atoms with Crippen molar-refractivity contribution in [2.45, 2.75) is 5.72 Å². The van der Waals surface area contributed by atoms with Crippen molar-refractivity contribution in [3.05, 3.63) is 89.7 Å². The highest BCUT2D eigenvalue weighted by Gasteiger charge is 2.50. The van der Waals surface area contributed by atoms with E-state index >= 15 is 0 Å². The van der Waals surface area contributed by atoms with Crippen molar-refractivity contribution in [3.63, 3.8) is 0 Å².